The Kier molecular flexibility index (Phi) is 2.81. The number of H-pyrrole nitrogens is 1. The Morgan fingerprint density at radius 1 is 1.00 bits per heavy atom. The van der Waals surface area contributed by atoms with Gasteiger partial charge in [0.05, 0.1) is 15.8 Å². The molecule has 7 heteroatoms. The molecule has 0 aliphatic rings. The number of fused-ring (bicyclic) bond motifs is 3. The number of hydrogen-bond donors (Lipinski definition) is 1. The Morgan fingerprint density at radius 3 is 2.40 bits per heavy atom. The van der Waals surface area contributed by atoms with E-state index in [1.165, 1.54) is 30.3 Å². The summed E-state index contributed by atoms with van der Waals surface area (Å²) in [5, 5.41) is 1.37. The number of halogens is 2. The first-order chi connectivity index (χ1) is 9.36. The van der Waals surface area contributed by atoms with Gasteiger partial charge in [0.15, 0.2) is 0 Å². The van der Waals surface area contributed by atoms with Crippen molar-refractivity contribution in [3.8, 4) is 0 Å². The SMILES string of the molecule is O=c1[nH]c2cc(S(=O)(=O)Cl)ccc2c2ccc(F)cc12. The summed E-state index contributed by atoms with van der Waals surface area (Å²) < 4.78 is 35.8. The van der Waals surface area contributed by atoms with Crippen LogP contribution in [0.4, 0.5) is 4.39 Å². The highest BCUT2D eigenvalue weighted by Gasteiger charge is 2.12. The van der Waals surface area contributed by atoms with Crippen molar-refractivity contribution in [1.82, 2.24) is 4.98 Å². The average molecular weight is 312 g/mol. The molecule has 0 aliphatic heterocycles. The van der Waals surface area contributed by atoms with E-state index < -0.39 is 20.4 Å². The molecule has 1 aromatic heterocycles. The van der Waals surface area contributed by atoms with Crippen molar-refractivity contribution in [2.45, 2.75) is 4.90 Å². The zero-order chi connectivity index (χ0) is 14.5. The Hall–Kier alpha value is -1.92. The van der Waals surface area contributed by atoms with Gasteiger partial charge in [0.1, 0.15) is 5.82 Å². The summed E-state index contributed by atoms with van der Waals surface area (Å²) in [5.41, 5.74) is -0.160. The summed E-state index contributed by atoms with van der Waals surface area (Å²) in [5.74, 6) is -0.512. The van der Waals surface area contributed by atoms with Gasteiger partial charge < -0.3 is 4.98 Å². The van der Waals surface area contributed by atoms with Crippen molar-refractivity contribution in [2.75, 3.05) is 0 Å². The van der Waals surface area contributed by atoms with Crippen LogP contribution in [0.15, 0.2) is 46.1 Å². The van der Waals surface area contributed by atoms with Crippen molar-refractivity contribution < 1.29 is 12.8 Å². The standard InChI is InChI=1S/C13H7ClFNO3S/c14-20(18,19)8-2-4-10-9-3-1-7(15)5-11(9)13(17)16-12(10)6-8/h1-6H,(H,16,17). The molecule has 0 bridgehead atoms. The van der Waals surface area contributed by atoms with Gasteiger partial charge in [0.2, 0.25) is 0 Å². The Bertz CT molecular complexity index is 1010. The van der Waals surface area contributed by atoms with Gasteiger partial charge in [-0.2, -0.15) is 0 Å². The Balaban J connectivity index is 2.49. The molecule has 3 aromatic rings. The predicted octanol–water partition coefficient (Wildman–Crippen LogP) is 2.75. The Morgan fingerprint density at radius 2 is 1.70 bits per heavy atom. The second-order valence-electron chi connectivity index (χ2n) is 4.29. The number of rotatable bonds is 1. The van der Waals surface area contributed by atoms with Crippen molar-refractivity contribution in [3.63, 3.8) is 0 Å². The molecule has 1 heterocycles. The second kappa shape index (κ2) is 4.29. The van der Waals surface area contributed by atoms with Crippen LogP contribution < -0.4 is 5.56 Å². The van der Waals surface area contributed by atoms with Crippen LogP contribution in [0.1, 0.15) is 0 Å². The molecule has 0 spiro atoms. The van der Waals surface area contributed by atoms with E-state index in [4.69, 9.17) is 10.7 Å². The molecule has 0 aliphatic carbocycles. The summed E-state index contributed by atoms with van der Waals surface area (Å²) in [6.45, 7) is 0. The molecular formula is C13H7ClFNO3S. The smallest absolute Gasteiger partial charge is 0.261 e. The van der Waals surface area contributed by atoms with Crippen molar-refractivity contribution in [3.05, 3.63) is 52.6 Å². The highest BCUT2D eigenvalue weighted by molar-refractivity contribution is 8.13. The molecule has 0 atom stereocenters. The third-order valence-electron chi connectivity index (χ3n) is 3.04. The quantitative estimate of drug-likeness (QED) is 0.555. The van der Waals surface area contributed by atoms with E-state index in [0.717, 1.165) is 6.07 Å². The van der Waals surface area contributed by atoms with E-state index in [9.17, 15) is 17.6 Å². The lowest BCUT2D eigenvalue weighted by atomic mass is 10.1. The molecule has 4 nitrogen and oxygen atoms in total. The molecular weight excluding hydrogens is 305 g/mol. The van der Waals surface area contributed by atoms with Gasteiger partial charge in [-0.05, 0) is 29.7 Å². The van der Waals surface area contributed by atoms with E-state index in [2.05, 4.69) is 4.98 Å². The summed E-state index contributed by atoms with van der Waals surface area (Å²) in [6.07, 6.45) is 0. The van der Waals surface area contributed by atoms with Crippen LogP contribution in [0, 0.1) is 5.82 Å². The zero-order valence-corrected chi connectivity index (χ0v) is 11.4. The van der Waals surface area contributed by atoms with Crippen LogP contribution in [0.5, 0.6) is 0 Å². The summed E-state index contributed by atoms with van der Waals surface area (Å²) in [6, 6.07) is 8.01. The number of aromatic amines is 1. The molecule has 0 saturated heterocycles. The molecule has 0 radical (unpaired) electrons. The monoisotopic (exact) mass is 311 g/mol. The minimum absolute atomic E-state index is 0.108. The maximum Gasteiger partial charge on any atom is 0.261 e. The third kappa shape index (κ3) is 2.07. The van der Waals surface area contributed by atoms with Crippen molar-refractivity contribution in [1.29, 1.82) is 0 Å². The highest BCUT2D eigenvalue weighted by Crippen LogP contribution is 2.25. The molecule has 102 valence electrons. The number of nitrogens with one attached hydrogen (secondary N) is 1. The molecule has 2 aromatic carbocycles. The minimum atomic E-state index is -3.88. The fraction of sp³-hybridized carbons (Fsp3) is 0. The predicted molar refractivity (Wildman–Crippen MR) is 75.1 cm³/mol. The first-order valence-electron chi connectivity index (χ1n) is 5.56. The number of benzene rings is 2. The van der Waals surface area contributed by atoms with Gasteiger partial charge >= 0.3 is 0 Å². The Labute approximate surface area is 117 Å². The van der Waals surface area contributed by atoms with E-state index in [-0.39, 0.29) is 10.3 Å². The van der Waals surface area contributed by atoms with Gasteiger partial charge in [-0.15, -0.1) is 0 Å². The van der Waals surface area contributed by atoms with Crippen molar-refractivity contribution >= 4 is 41.4 Å². The highest BCUT2D eigenvalue weighted by atomic mass is 35.7. The first kappa shape index (κ1) is 13.1. The van der Waals surface area contributed by atoms with Gasteiger partial charge in [0.25, 0.3) is 14.6 Å². The topological polar surface area (TPSA) is 67.0 Å². The lowest BCUT2D eigenvalue weighted by Gasteiger charge is -2.05. The van der Waals surface area contributed by atoms with Crippen LogP contribution in [-0.2, 0) is 9.05 Å². The van der Waals surface area contributed by atoms with Gasteiger partial charge in [-0.1, -0.05) is 12.1 Å². The summed E-state index contributed by atoms with van der Waals surface area (Å²) in [4.78, 5) is 14.3. The number of pyridine rings is 1. The lowest BCUT2D eigenvalue weighted by Crippen LogP contribution is -2.07. The van der Waals surface area contributed by atoms with E-state index in [0.29, 0.717) is 16.3 Å². The van der Waals surface area contributed by atoms with Crippen LogP contribution in [-0.4, -0.2) is 13.4 Å². The van der Waals surface area contributed by atoms with Gasteiger partial charge in [0, 0.05) is 16.1 Å². The summed E-state index contributed by atoms with van der Waals surface area (Å²) in [7, 11) is 1.39. The maximum atomic E-state index is 13.2. The molecule has 0 unspecified atom stereocenters. The van der Waals surface area contributed by atoms with E-state index in [1.807, 2.05) is 0 Å². The molecule has 3 rings (SSSR count). The van der Waals surface area contributed by atoms with E-state index in [1.54, 1.807) is 0 Å². The summed E-state index contributed by atoms with van der Waals surface area (Å²) >= 11 is 0. The third-order valence-corrected chi connectivity index (χ3v) is 4.39. The lowest BCUT2D eigenvalue weighted by molar-refractivity contribution is 0.609. The molecule has 0 saturated carbocycles. The van der Waals surface area contributed by atoms with Crippen LogP contribution in [0.3, 0.4) is 0 Å². The number of aromatic nitrogens is 1. The number of hydrogen-bond acceptors (Lipinski definition) is 3. The minimum Gasteiger partial charge on any atom is -0.321 e. The second-order valence-corrected chi connectivity index (χ2v) is 6.86. The molecule has 1 N–H and O–H groups in total. The zero-order valence-electron chi connectivity index (χ0n) is 9.85. The van der Waals surface area contributed by atoms with Crippen LogP contribution in [0.25, 0.3) is 21.7 Å². The van der Waals surface area contributed by atoms with Crippen LogP contribution >= 0.6 is 10.7 Å². The van der Waals surface area contributed by atoms with Gasteiger partial charge in [-0.25, -0.2) is 12.8 Å². The van der Waals surface area contributed by atoms with Crippen LogP contribution in [0.2, 0.25) is 0 Å². The van der Waals surface area contributed by atoms with Gasteiger partial charge in [-0.3, -0.25) is 4.79 Å². The average Bonchev–Trinajstić information content (AvgIpc) is 2.37. The largest absolute Gasteiger partial charge is 0.321 e. The first-order valence-corrected chi connectivity index (χ1v) is 7.87. The molecule has 0 amide bonds. The fourth-order valence-electron chi connectivity index (χ4n) is 2.14. The maximum absolute atomic E-state index is 13.2. The molecule has 20 heavy (non-hydrogen) atoms. The normalized spacial score (nSPS) is 12.1. The molecule has 0 fully saturated rings. The van der Waals surface area contributed by atoms with Crippen molar-refractivity contribution in [2.24, 2.45) is 0 Å². The van der Waals surface area contributed by atoms with E-state index >= 15 is 0 Å². The fourth-order valence-corrected chi connectivity index (χ4v) is 2.92.